The summed E-state index contributed by atoms with van der Waals surface area (Å²) in [6.07, 6.45) is 0.974. The molecule has 0 saturated heterocycles. The van der Waals surface area contributed by atoms with Crippen LogP contribution in [-0.2, 0) is 5.75 Å². The van der Waals surface area contributed by atoms with E-state index in [9.17, 15) is 4.39 Å². The Balaban J connectivity index is 1.77. The van der Waals surface area contributed by atoms with Crippen molar-refractivity contribution in [1.29, 1.82) is 0 Å². The predicted molar refractivity (Wildman–Crippen MR) is 91.0 cm³/mol. The summed E-state index contributed by atoms with van der Waals surface area (Å²) in [5.74, 6) is 1.45. The maximum Gasteiger partial charge on any atom is 0.235 e. The second-order valence-corrected chi connectivity index (χ2v) is 7.63. The lowest BCUT2D eigenvalue weighted by atomic mass is 10.00. The predicted octanol–water partition coefficient (Wildman–Crippen LogP) is 3.66. The number of nitrogens with two attached hydrogens (primary N) is 1. The number of fused-ring (bicyclic) bond motifs is 1. The lowest BCUT2D eigenvalue weighted by molar-refractivity contribution is 0.431. The number of benzene rings is 1. The summed E-state index contributed by atoms with van der Waals surface area (Å²) in [5, 5.41) is 12.9. The van der Waals surface area contributed by atoms with E-state index in [0.717, 1.165) is 21.3 Å². The minimum Gasteiger partial charge on any atom is -0.321 e. The Bertz CT molecular complexity index is 800. The van der Waals surface area contributed by atoms with Gasteiger partial charge in [-0.25, -0.2) is 4.39 Å². The fourth-order valence-corrected chi connectivity index (χ4v) is 3.99. The molecule has 2 aromatic heterocycles. The number of thioether (sulfide) groups is 1. The van der Waals surface area contributed by atoms with Crippen molar-refractivity contribution in [2.75, 3.05) is 0 Å². The number of rotatable bonds is 6. The topological polar surface area (TPSA) is 69.1 Å². The SMILES string of the molecule is CC[C@H](C)[C@H](N)c1nnc2sc(SCc3cccc(F)c3)nn12. The first kappa shape index (κ1) is 16.4. The van der Waals surface area contributed by atoms with E-state index < -0.39 is 0 Å². The Hall–Kier alpha value is -1.51. The van der Waals surface area contributed by atoms with Crippen molar-refractivity contribution < 1.29 is 4.39 Å². The monoisotopic (exact) mass is 351 g/mol. The van der Waals surface area contributed by atoms with Crippen LogP contribution < -0.4 is 5.73 Å². The number of halogens is 1. The van der Waals surface area contributed by atoms with Crippen LogP contribution in [0.1, 0.15) is 37.7 Å². The Morgan fingerprint density at radius 2 is 2.22 bits per heavy atom. The third-order valence-electron chi connectivity index (χ3n) is 3.80. The molecule has 5 nitrogen and oxygen atoms in total. The Morgan fingerprint density at radius 3 is 2.96 bits per heavy atom. The zero-order valence-corrected chi connectivity index (χ0v) is 14.6. The standard InChI is InChI=1S/C15H18FN5S2/c1-3-9(2)12(17)13-18-19-14-21(13)20-15(23-14)22-8-10-5-4-6-11(16)7-10/h4-7,9,12H,3,8,17H2,1-2H3/t9-,12-/m0/s1. The van der Waals surface area contributed by atoms with Crippen LogP contribution in [0.25, 0.3) is 4.96 Å². The Kier molecular flexibility index (Phi) is 4.93. The molecular formula is C15H18FN5S2. The van der Waals surface area contributed by atoms with Gasteiger partial charge >= 0.3 is 0 Å². The van der Waals surface area contributed by atoms with E-state index >= 15 is 0 Å². The average molecular weight is 351 g/mol. The summed E-state index contributed by atoms with van der Waals surface area (Å²) in [5.41, 5.74) is 7.17. The van der Waals surface area contributed by atoms with Gasteiger partial charge in [-0.3, -0.25) is 0 Å². The highest BCUT2D eigenvalue weighted by Gasteiger charge is 2.21. The normalized spacial score (nSPS) is 14.3. The molecule has 0 fully saturated rings. The van der Waals surface area contributed by atoms with Gasteiger partial charge in [-0.1, -0.05) is 55.5 Å². The zero-order chi connectivity index (χ0) is 16.4. The molecule has 2 heterocycles. The first-order valence-electron chi connectivity index (χ1n) is 7.43. The summed E-state index contributed by atoms with van der Waals surface area (Å²) in [4.78, 5) is 0.737. The fraction of sp³-hybridized carbons (Fsp3) is 0.400. The molecule has 122 valence electrons. The van der Waals surface area contributed by atoms with Crippen LogP contribution in [0.15, 0.2) is 28.6 Å². The van der Waals surface area contributed by atoms with Crippen molar-refractivity contribution in [2.24, 2.45) is 11.7 Å². The van der Waals surface area contributed by atoms with E-state index in [2.05, 4.69) is 29.1 Å². The molecule has 0 aliphatic heterocycles. The summed E-state index contributed by atoms with van der Waals surface area (Å²) in [6, 6.07) is 6.42. The van der Waals surface area contributed by atoms with Gasteiger partial charge in [-0.2, -0.15) is 4.52 Å². The summed E-state index contributed by atoms with van der Waals surface area (Å²) in [6.45, 7) is 4.20. The molecule has 0 amide bonds. The molecule has 0 spiro atoms. The number of hydrogen-bond donors (Lipinski definition) is 1. The molecule has 3 aromatic rings. The molecule has 1 aromatic carbocycles. The van der Waals surface area contributed by atoms with Crippen molar-refractivity contribution in [3.63, 3.8) is 0 Å². The highest BCUT2D eigenvalue weighted by Crippen LogP contribution is 2.29. The molecule has 23 heavy (non-hydrogen) atoms. The Morgan fingerprint density at radius 1 is 1.39 bits per heavy atom. The van der Waals surface area contributed by atoms with E-state index in [1.165, 1.54) is 23.5 Å². The van der Waals surface area contributed by atoms with Gasteiger partial charge in [0.05, 0.1) is 6.04 Å². The molecule has 2 N–H and O–H groups in total. The average Bonchev–Trinajstić information content (AvgIpc) is 3.11. The van der Waals surface area contributed by atoms with Crippen molar-refractivity contribution in [3.05, 3.63) is 41.5 Å². The largest absolute Gasteiger partial charge is 0.321 e. The Labute approximate surface area is 142 Å². The minimum atomic E-state index is -0.219. The van der Waals surface area contributed by atoms with Crippen LogP contribution in [0.2, 0.25) is 0 Å². The molecule has 3 rings (SSSR count). The molecule has 0 aliphatic carbocycles. The van der Waals surface area contributed by atoms with Gasteiger partial charge < -0.3 is 5.73 Å². The lowest BCUT2D eigenvalue weighted by Gasteiger charge is -2.15. The van der Waals surface area contributed by atoms with Crippen molar-refractivity contribution in [2.45, 2.75) is 36.4 Å². The molecular weight excluding hydrogens is 333 g/mol. The highest BCUT2D eigenvalue weighted by atomic mass is 32.2. The van der Waals surface area contributed by atoms with Crippen LogP contribution in [0.5, 0.6) is 0 Å². The smallest absolute Gasteiger partial charge is 0.235 e. The van der Waals surface area contributed by atoms with Crippen LogP contribution in [0, 0.1) is 11.7 Å². The van der Waals surface area contributed by atoms with Crippen LogP contribution >= 0.6 is 23.1 Å². The quantitative estimate of drug-likeness (QED) is 0.686. The lowest BCUT2D eigenvalue weighted by Crippen LogP contribution is -2.21. The molecule has 0 saturated carbocycles. The van der Waals surface area contributed by atoms with Gasteiger partial charge in [0.15, 0.2) is 10.2 Å². The summed E-state index contributed by atoms with van der Waals surface area (Å²) < 4.78 is 15.8. The number of aromatic nitrogens is 4. The van der Waals surface area contributed by atoms with E-state index in [1.807, 2.05) is 6.07 Å². The number of nitrogens with zero attached hydrogens (tertiary/aromatic N) is 4. The van der Waals surface area contributed by atoms with Gasteiger partial charge in [0.2, 0.25) is 4.96 Å². The van der Waals surface area contributed by atoms with Crippen LogP contribution in [0.4, 0.5) is 4.39 Å². The first-order chi connectivity index (χ1) is 11.1. The molecule has 8 heteroatoms. The highest BCUT2D eigenvalue weighted by molar-refractivity contribution is 8.00. The van der Waals surface area contributed by atoms with Gasteiger partial charge in [-0.05, 0) is 23.6 Å². The summed E-state index contributed by atoms with van der Waals surface area (Å²) in [7, 11) is 0. The van der Waals surface area contributed by atoms with E-state index in [1.54, 1.807) is 22.3 Å². The zero-order valence-electron chi connectivity index (χ0n) is 12.9. The van der Waals surface area contributed by atoms with E-state index in [0.29, 0.717) is 17.5 Å². The minimum absolute atomic E-state index is 0.182. The van der Waals surface area contributed by atoms with Gasteiger partial charge in [0, 0.05) is 5.75 Å². The van der Waals surface area contributed by atoms with Crippen LogP contribution in [-0.4, -0.2) is 19.8 Å². The second kappa shape index (κ2) is 6.94. The first-order valence-corrected chi connectivity index (χ1v) is 9.23. The maximum absolute atomic E-state index is 13.2. The van der Waals surface area contributed by atoms with Gasteiger partial charge in [0.1, 0.15) is 5.82 Å². The molecule has 0 bridgehead atoms. The van der Waals surface area contributed by atoms with Gasteiger partial charge in [0.25, 0.3) is 0 Å². The molecule has 0 aliphatic rings. The molecule has 2 atom stereocenters. The van der Waals surface area contributed by atoms with Crippen molar-refractivity contribution >= 4 is 28.1 Å². The second-order valence-electron chi connectivity index (χ2n) is 5.45. The van der Waals surface area contributed by atoms with Gasteiger partial charge in [-0.15, -0.1) is 15.3 Å². The third kappa shape index (κ3) is 3.54. The number of hydrogen-bond acceptors (Lipinski definition) is 6. The van der Waals surface area contributed by atoms with Crippen molar-refractivity contribution in [1.82, 2.24) is 19.8 Å². The van der Waals surface area contributed by atoms with Crippen LogP contribution in [0.3, 0.4) is 0 Å². The molecule has 0 unspecified atom stereocenters. The third-order valence-corrected chi connectivity index (χ3v) is 5.91. The van der Waals surface area contributed by atoms with E-state index in [4.69, 9.17) is 5.73 Å². The fourth-order valence-electron chi connectivity index (χ4n) is 2.16. The maximum atomic E-state index is 13.2. The summed E-state index contributed by atoms with van der Waals surface area (Å²) >= 11 is 3.03. The molecule has 0 radical (unpaired) electrons. The van der Waals surface area contributed by atoms with Crippen molar-refractivity contribution in [3.8, 4) is 0 Å². The van der Waals surface area contributed by atoms with E-state index in [-0.39, 0.29) is 11.9 Å².